The number of hydrogen-bond donors (Lipinski definition) is 0. The maximum absolute atomic E-state index is 16.7. The van der Waals surface area contributed by atoms with Crippen LogP contribution in [-0.2, 0) is 12.4 Å². The first kappa shape index (κ1) is 42.6. The van der Waals surface area contributed by atoms with Gasteiger partial charge in [-0.3, -0.25) is 9.97 Å². The van der Waals surface area contributed by atoms with Gasteiger partial charge in [-0.25, -0.2) is 0 Å². The van der Waals surface area contributed by atoms with Crippen molar-refractivity contribution in [2.24, 2.45) is 0 Å². The van der Waals surface area contributed by atoms with E-state index in [-0.39, 0.29) is 22.5 Å². The largest absolute Gasteiger partial charge is 0.420 e. The maximum atomic E-state index is 16.7. The van der Waals surface area contributed by atoms with Crippen LogP contribution in [0.5, 0.6) is 0 Å². The van der Waals surface area contributed by atoms with Gasteiger partial charge in [-0.05, 0) is 82.9 Å². The number of fused-ring (bicyclic) bond motifs is 6. The van der Waals surface area contributed by atoms with E-state index in [1.165, 1.54) is 24.3 Å². The van der Waals surface area contributed by atoms with Crippen LogP contribution in [-0.4, -0.2) is 19.1 Å². The number of hydrogen-bond acceptors (Lipinski definition) is 2. The molecule has 0 amide bonds. The molecule has 0 atom stereocenters. The minimum absolute atomic E-state index is 0.100. The molecule has 4 heterocycles. The minimum Gasteiger partial charge on any atom is -0.309 e. The van der Waals surface area contributed by atoms with Gasteiger partial charge in [0.25, 0.3) is 0 Å². The van der Waals surface area contributed by atoms with Crippen molar-refractivity contribution in [3.63, 3.8) is 0 Å². The molecule has 338 valence electrons. The van der Waals surface area contributed by atoms with Gasteiger partial charge < -0.3 is 9.13 Å². The Hall–Kier alpha value is -8.76. The molecule has 0 aliphatic rings. The normalized spacial score (nSPS) is 12.1. The summed E-state index contributed by atoms with van der Waals surface area (Å²) >= 11 is 0. The molecule has 0 saturated heterocycles. The molecule has 0 N–H and O–H groups in total. The second-order valence-corrected chi connectivity index (χ2v) is 17.2. The van der Waals surface area contributed by atoms with Crippen LogP contribution in [0.3, 0.4) is 0 Å². The van der Waals surface area contributed by atoms with Crippen molar-refractivity contribution in [3.8, 4) is 67.3 Å². The number of alkyl halides is 6. The highest BCUT2D eigenvalue weighted by Gasteiger charge is 2.40. The third-order valence-corrected chi connectivity index (χ3v) is 13.1. The van der Waals surface area contributed by atoms with E-state index in [1.54, 1.807) is 45.8 Å². The lowest BCUT2D eigenvalue weighted by molar-refractivity contribution is -0.138. The van der Waals surface area contributed by atoms with Gasteiger partial charge in [0.15, 0.2) is 0 Å². The van der Waals surface area contributed by atoms with Gasteiger partial charge in [0.05, 0.1) is 50.4 Å². The fourth-order valence-corrected chi connectivity index (χ4v) is 9.80. The van der Waals surface area contributed by atoms with Gasteiger partial charge in [-0.1, -0.05) is 146 Å². The molecule has 70 heavy (non-hydrogen) atoms. The smallest absolute Gasteiger partial charge is 0.309 e. The van der Waals surface area contributed by atoms with Crippen molar-refractivity contribution in [2.45, 2.75) is 12.4 Å². The second kappa shape index (κ2) is 16.5. The van der Waals surface area contributed by atoms with Crippen LogP contribution in [0.4, 0.5) is 26.3 Å². The molecule has 4 aromatic heterocycles. The summed E-state index contributed by atoms with van der Waals surface area (Å²) in [7, 11) is 0. The van der Waals surface area contributed by atoms with Crippen molar-refractivity contribution in [2.75, 3.05) is 0 Å². The molecule has 10 heteroatoms. The number of rotatable bonds is 7. The molecular formula is C60H36F6N4. The van der Waals surface area contributed by atoms with Crippen molar-refractivity contribution >= 4 is 43.6 Å². The van der Waals surface area contributed by atoms with E-state index in [0.29, 0.717) is 54.7 Å². The number of nitrogens with zero attached hydrogens (tertiary/aromatic N) is 4. The molecule has 0 fully saturated rings. The van der Waals surface area contributed by atoms with Crippen molar-refractivity contribution < 1.29 is 26.3 Å². The standard InChI is InChI=1S/C60H36F6N4/c61-59(62,63)45-17-11-16-39(30-45)44-33-56(69-52-20-9-7-18-46(52)48-26-22-40(31-54(48)69)42-24-28-50(67-35-42)37-12-3-1-4-13-37)58(60(64,65)66)57(34-44)70-53-21-10-8-19-47(53)49-27-23-41(32-55(49)70)43-25-29-51(68-36-43)38-14-5-2-6-15-38/h1-36H. The summed E-state index contributed by atoms with van der Waals surface area (Å²) in [5, 5.41) is 2.80. The Labute approximate surface area is 397 Å². The van der Waals surface area contributed by atoms with Crippen LogP contribution in [0.15, 0.2) is 219 Å². The van der Waals surface area contributed by atoms with E-state index < -0.39 is 23.5 Å². The summed E-state index contributed by atoms with van der Waals surface area (Å²) in [6, 6.07) is 60.4. The zero-order chi connectivity index (χ0) is 47.7. The van der Waals surface area contributed by atoms with Gasteiger partial charge in [0.1, 0.15) is 5.56 Å². The molecule has 0 spiro atoms. The summed E-state index contributed by atoms with van der Waals surface area (Å²) in [6.07, 6.45) is -6.21. The van der Waals surface area contributed by atoms with Crippen molar-refractivity contribution in [3.05, 3.63) is 230 Å². The highest BCUT2D eigenvalue weighted by atomic mass is 19.4. The highest BCUT2D eigenvalue weighted by Crippen LogP contribution is 2.47. The summed E-state index contributed by atoms with van der Waals surface area (Å²) < 4.78 is 96.5. The lowest BCUT2D eigenvalue weighted by atomic mass is 9.97. The summed E-state index contributed by atoms with van der Waals surface area (Å²) in [5.74, 6) is 0. The Bertz CT molecular complexity index is 3730. The Morgan fingerprint density at radius 3 is 1.16 bits per heavy atom. The van der Waals surface area contributed by atoms with Crippen LogP contribution in [0.25, 0.3) is 111 Å². The molecule has 8 aromatic carbocycles. The number of halogens is 6. The third kappa shape index (κ3) is 7.36. The fourth-order valence-electron chi connectivity index (χ4n) is 9.80. The van der Waals surface area contributed by atoms with Crippen LogP contribution >= 0.6 is 0 Å². The third-order valence-electron chi connectivity index (χ3n) is 13.1. The zero-order valence-corrected chi connectivity index (χ0v) is 36.8. The van der Waals surface area contributed by atoms with Crippen LogP contribution < -0.4 is 0 Å². The van der Waals surface area contributed by atoms with Crippen LogP contribution in [0.1, 0.15) is 11.1 Å². The van der Waals surface area contributed by atoms with E-state index in [4.69, 9.17) is 9.97 Å². The number of pyridine rings is 2. The van der Waals surface area contributed by atoms with Gasteiger partial charge >= 0.3 is 12.4 Å². The quantitative estimate of drug-likeness (QED) is 0.149. The maximum Gasteiger partial charge on any atom is 0.420 e. The average molecular weight is 927 g/mol. The predicted molar refractivity (Wildman–Crippen MR) is 268 cm³/mol. The first-order valence-electron chi connectivity index (χ1n) is 22.5. The van der Waals surface area contributed by atoms with Crippen LogP contribution in [0.2, 0.25) is 0 Å². The number of aromatic nitrogens is 4. The van der Waals surface area contributed by atoms with Crippen molar-refractivity contribution in [1.29, 1.82) is 0 Å². The van der Waals surface area contributed by atoms with E-state index in [1.807, 2.05) is 146 Å². The number of para-hydroxylation sites is 2. The van der Waals surface area contributed by atoms with E-state index in [9.17, 15) is 13.2 Å². The molecule has 12 rings (SSSR count). The monoisotopic (exact) mass is 926 g/mol. The van der Waals surface area contributed by atoms with Gasteiger partial charge in [-0.15, -0.1) is 0 Å². The Morgan fingerprint density at radius 1 is 0.300 bits per heavy atom. The first-order valence-corrected chi connectivity index (χ1v) is 22.5. The summed E-state index contributed by atoms with van der Waals surface area (Å²) in [4.78, 5) is 9.47. The molecule has 4 nitrogen and oxygen atoms in total. The average Bonchev–Trinajstić information content (AvgIpc) is 3.90. The fraction of sp³-hybridized carbons (Fsp3) is 0.0333. The molecule has 0 saturated carbocycles. The SMILES string of the molecule is FC(F)(F)c1cccc(-c2cc(-n3c4ccccc4c4ccc(-c5ccc(-c6ccccc6)nc5)cc43)c(C(F)(F)F)c(-n3c4ccccc4c4ccc(-c5ccc(-c6ccccc6)nc5)cc43)c2)c1. The molecule has 12 aromatic rings. The molecule has 0 aliphatic heterocycles. The lowest BCUT2D eigenvalue weighted by Gasteiger charge is -2.23. The topological polar surface area (TPSA) is 35.6 Å². The Kier molecular flexibility index (Phi) is 10.0. The van der Waals surface area contributed by atoms with Gasteiger partial charge in [-0.2, -0.15) is 26.3 Å². The molecule has 0 radical (unpaired) electrons. The molecular weight excluding hydrogens is 891 g/mol. The minimum atomic E-state index is -4.99. The highest BCUT2D eigenvalue weighted by molar-refractivity contribution is 6.12. The lowest BCUT2D eigenvalue weighted by Crippen LogP contribution is -2.16. The van der Waals surface area contributed by atoms with Crippen molar-refractivity contribution in [1.82, 2.24) is 19.1 Å². The van der Waals surface area contributed by atoms with E-state index in [2.05, 4.69) is 0 Å². The Morgan fingerprint density at radius 2 is 0.714 bits per heavy atom. The second-order valence-electron chi connectivity index (χ2n) is 17.2. The molecule has 0 aliphatic carbocycles. The van der Waals surface area contributed by atoms with E-state index in [0.717, 1.165) is 45.8 Å². The van der Waals surface area contributed by atoms with Crippen LogP contribution in [0, 0.1) is 0 Å². The van der Waals surface area contributed by atoms with Gasteiger partial charge in [0, 0.05) is 56.2 Å². The molecule has 0 unspecified atom stereocenters. The number of benzene rings is 8. The summed E-state index contributed by atoms with van der Waals surface area (Å²) in [5.41, 5.74) is 6.14. The zero-order valence-electron chi connectivity index (χ0n) is 36.8. The molecule has 0 bridgehead atoms. The predicted octanol–water partition coefficient (Wildman–Crippen LogP) is 17.0. The summed E-state index contributed by atoms with van der Waals surface area (Å²) in [6.45, 7) is 0. The van der Waals surface area contributed by atoms with E-state index >= 15 is 13.2 Å². The first-order chi connectivity index (χ1) is 34.0. The van der Waals surface area contributed by atoms with Gasteiger partial charge in [0.2, 0.25) is 0 Å². The Balaban J connectivity index is 1.14.